The van der Waals surface area contributed by atoms with Crippen molar-refractivity contribution in [3.05, 3.63) is 23.8 Å². The maximum absolute atomic E-state index is 10.2. The van der Waals surface area contributed by atoms with E-state index in [4.69, 9.17) is 28.4 Å². The van der Waals surface area contributed by atoms with E-state index in [0.717, 1.165) is 0 Å². The molecule has 0 radical (unpaired) electrons. The first-order valence-electron chi connectivity index (χ1n) is 10.8. The number of aliphatic hydroxyl groups is 6. The number of hydrogen-bond acceptors (Lipinski definition) is 13. The van der Waals surface area contributed by atoms with Gasteiger partial charge in [-0.15, -0.1) is 0 Å². The standard InChI is InChI=1S/C22H32O13/c1-30-12-6-11(7-13(31-2)15(12)24)4-3-5-32-20-18(27)17(26)16(25)14(35-20)8-33-21-19(28)22(29,9-23)10-34-21/h3-4,6-7,14,16-21,23-29H,5,8-10H2,1-2H3/b4-3+/t14-,16-,17+,18-,19+,20-,21-,22-/m1/s1. The summed E-state index contributed by atoms with van der Waals surface area (Å²) < 4.78 is 31.7. The molecule has 35 heavy (non-hydrogen) atoms. The molecule has 0 unspecified atom stereocenters. The molecule has 0 bridgehead atoms. The molecule has 0 aromatic heterocycles. The lowest BCUT2D eigenvalue weighted by atomic mass is 9.99. The molecule has 0 saturated carbocycles. The Morgan fingerprint density at radius 1 is 1.00 bits per heavy atom. The monoisotopic (exact) mass is 504 g/mol. The second kappa shape index (κ2) is 11.8. The largest absolute Gasteiger partial charge is 0.502 e. The number of methoxy groups -OCH3 is 2. The van der Waals surface area contributed by atoms with Gasteiger partial charge in [-0.25, -0.2) is 0 Å². The van der Waals surface area contributed by atoms with Gasteiger partial charge in [-0.2, -0.15) is 0 Å². The lowest BCUT2D eigenvalue weighted by Crippen LogP contribution is -2.59. The number of phenols is 1. The Balaban J connectivity index is 1.57. The van der Waals surface area contributed by atoms with E-state index in [1.807, 2.05) is 0 Å². The molecule has 2 aliphatic heterocycles. The maximum atomic E-state index is 10.2. The molecule has 0 spiro atoms. The molecule has 2 aliphatic rings. The van der Waals surface area contributed by atoms with E-state index < -0.39 is 55.3 Å². The zero-order valence-electron chi connectivity index (χ0n) is 19.3. The molecule has 13 heteroatoms. The summed E-state index contributed by atoms with van der Waals surface area (Å²) in [7, 11) is 2.80. The van der Waals surface area contributed by atoms with Crippen molar-refractivity contribution < 1.29 is 64.2 Å². The first-order chi connectivity index (χ1) is 16.6. The number of hydrogen-bond donors (Lipinski definition) is 7. The van der Waals surface area contributed by atoms with Crippen LogP contribution in [0.3, 0.4) is 0 Å². The molecule has 2 fully saturated rings. The summed E-state index contributed by atoms with van der Waals surface area (Å²) in [6, 6.07) is 3.15. The van der Waals surface area contributed by atoms with Crippen molar-refractivity contribution in [1.29, 1.82) is 0 Å². The van der Waals surface area contributed by atoms with Crippen LogP contribution in [-0.2, 0) is 18.9 Å². The smallest absolute Gasteiger partial charge is 0.200 e. The number of rotatable bonds is 10. The van der Waals surface area contributed by atoms with Crippen molar-refractivity contribution in [3.8, 4) is 17.2 Å². The summed E-state index contributed by atoms with van der Waals surface area (Å²) in [5, 5.41) is 69.9. The zero-order chi connectivity index (χ0) is 25.8. The van der Waals surface area contributed by atoms with Gasteiger partial charge < -0.3 is 64.2 Å². The minimum Gasteiger partial charge on any atom is -0.502 e. The van der Waals surface area contributed by atoms with Gasteiger partial charge in [0.1, 0.15) is 36.1 Å². The number of benzene rings is 1. The summed E-state index contributed by atoms with van der Waals surface area (Å²) in [6.07, 6.45) is -6.79. The fourth-order valence-electron chi connectivity index (χ4n) is 3.66. The van der Waals surface area contributed by atoms with E-state index in [1.165, 1.54) is 14.2 Å². The molecule has 13 nitrogen and oxygen atoms in total. The van der Waals surface area contributed by atoms with E-state index in [9.17, 15) is 35.7 Å². The fraction of sp³-hybridized carbons (Fsp3) is 0.636. The molecule has 1 aromatic rings. The molecular weight excluding hydrogens is 472 g/mol. The lowest BCUT2D eigenvalue weighted by Gasteiger charge is -2.40. The van der Waals surface area contributed by atoms with Gasteiger partial charge in [0.2, 0.25) is 5.75 Å². The zero-order valence-corrected chi connectivity index (χ0v) is 19.3. The number of aliphatic hydroxyl groups excluding tert-OH is 5. The van der Waals surface area contributed by atoms with Gasteiger partial charge in [-0.3, -0.25) is 0 Å². The summed E-state index contributed by atoms with van der Waals surface area (Å²) in [4.78, 5) is 0. The van der Waals surface area contributed by atoms with Gasteiger partial charge >= 0.3 is 0 Å². The first kappa shape index (κ1) is 27.5. The molecule has 8 atom stereocenters. The van der Waals surface area contributed by atoms with Crippen molar-refractivity contribution in [1.82, 2.24) is 0 Å². The molecule has 3 rings (SSSR count). The Labute approximate surface area is 201 Å². The molecule has 1 aromatic carbocycles. The van der Waals surface area contributed by atoms with Gasteiger partial charge in [0.05, 0.1) is 40.6 Å². The van der Waals surface area contributed by atoms with Gasteiger partial charge in [0.25, 0.3) is 0 Å². The number of ether oxygens (including phenoxy) is 6. The van der Waals surface area contributed by atoms with Gasteiger partial charge in [-0.05, 0) is 17.7 Å². The van der Waals surface area contributed by atoms with Crippen LogP contribution in [0.1, 0.15) is 5.56 Å². The normalized spacial score (nSPS) is 35.5. The molecule has 2 heterocycles. The third-order valence-electron chi connectivity index (χ3n) is 5.84. The van der Waals surface area contributed by atoms with Crippen LogP contribution in [0.5, 0.6) is 17.2 Å². The predicted octanol–water partition coefficient (Wildman–Crippen LogP) is -2.30. The van der Waals surface area contributed by atoms with Crippen LogP contribution in [0, 0.1) is 0 Å². The van der Waals surface area contributed by atoms with Crippen molar-refractivity contribution in [3.63, 3.8) is 0 Å². The van der Waals surface area contributed by atoms with Gasteiger partial charge in [0.15, 0.2) is 24.1 Å². The number of phenolic OH excluding ortho intramolecular Hbond substituents is 1. The Kier molecular flexibility index (Phi) is 9.28. The van der Waals surface area contributed by atoms with Crippen LogP contribution >= 0.6 is 0 Å². The molecule has 0 aliphatic carbocycles. The second-order valence-corrected chi connectivity index (χ2v) is 8.24. The Morgan fingerprint density at radius 2 is 1.66 bits per heavy atom. The predicted molar refractivity (Wildman–Crippen MR) is 117 cm³/mol. The fourth-order valence-corrected chi connectivity index (χ4v) is 3.66. The minimum absolute atomic E-state index is 0.0579. The Hall–Kier alpha value is -2.04. The van der Waals surface area contributed by atoms with E-state index in [-0.39, 0.29) is 37.1 Å². The summed E-state index contributed by atoms with van der Waals surface area (Å²) >= 11 is 0. The van der Waals surface area contributed by atoms with E-state index >= 15 is 0 Å². The highest BCUT2D eigenvalue weighted by atomic mass is 16.7. The van der Waals surface area contributed by atoms with Gasteiger partial charge in [-0.1, -0.05) is 12.2 Å². The third kappa shape index (κ3) is 6.03. The van der Waals surface area contributed by atoms with Crippen molar-refractivity contribution >= 4 is 6.08 Å². The average Bonchev–Trinajstić information content (AvgIpc) is 3.15. The maximum Gasteiger partial charge on any atom is 0.200 e. The van der Waals surface area contributed by atoms with Crippen LogP contribution in [0.4, 0.5) is 0 Å². The Bertz CT molecular complexity index is 839. The summed E-state index contributed by atoms with van der Waals surface area (Å²) in [6.45, 7) is -1.54. The van der Waals surface area contributed by atoms with E-state index in [1.54, 1.807) is 24.3 Å². The van der Waals surface area contributed by atoms with E-state index in [2.05, 4.69) is 0 Å². The quantitative estimate of drug-likeness (QED) is 0.180. The van der Waals surface area contributed by atoms with E-state index in [0.29, 0.717) is 5.56 Å². The number of aromatic hydroxyl groups is 1. The highest BCUT2D eigenvalue weighted by Gasteiger charge is 2.50. The molecule has 2 saturated heterocycles. The summed E-state index contributed by atoms with van der Waals surface area (Å²) in [5.41, 5.74) is -1.25. The second-order valence-electron chi connectivity index (χ2n) is 8.24. The Morgan fingerprint density at radius 3 is 2.23 bits per heavy atom. The molecule has 0 amide bonds. The van der Waals surface area contributed by atoms with Crippen LogP contribution < -0.4 is 9.47 Å². The molecule has 198 valence electrons. The van der Waals surface area contributed by atoms with Crippen LogP contribution in [0.2, 0.25) is 0 Å². The van der Waals surface area contributed by atoms with Crippen LogP contribution in [0.15, 0.2) is 18.2 Å². The third-order valence-corrected chi connectivity index (χ3v) is 5.84. The topological polar surface area (TPSA) is 197 Å². The highest BCUT2D eigenvalue weighted by Crippen LogP contribution is 2.37. The minimum atomic E-state index is -1.88. The summed E-state index contributed by atoms with van der Waals surface area (Å²) in [5.74, 6) is 0.286. The van der Waals surface area contributed by atoms with Crippen LogP contribution in [-0.4, -0.2) is 125 Å². The lowest BCUT2D eigenvalue weighted by molar-refractivity contribution is -0.307. The van der Waals surface area contributed by atoms with Crippen molar-refractivity contribution in [2.45, 2.75) is 48.7 Å². The van der Waals surface area contributed by atoms with Crippen LogP contribution in [0.25, 0.3) is 6.08 Å². The molecule has 7 N–H and O–H groups in total. The van der Waals surface area contributed by atoms with Crippen molar-refractivity contribution in [2.24, 2.45) is 0 Å². The van der Waals surface area contributed by atoms with Crippen molar-refractivity contribution in [2.75, 3.05) is 40.6 Å². The molecular formula is C22H32O13. The first-order valence-corrected chi connectivity index (χ1v) is 10.8. The SMILES string of the molecule is COc1cc(/C=C/CO[C@@H]2O[C@H](CO[C@@H]3OC[C@](O)(CO)[C@H]3O)[C@@H](O)[C@H](O)[C@H]2O)cc(OC)c1O. The highest BCUT2D eigenvalue weighted by molar-refractivity contribution is 5.61. The average molecular weight is 504 g/mol. The van der Waals surface area contributed by atoms with Gasteiger partial charge in [0, 0.05) is 0 Å².